The Balaban J connectivity index is 1.63. The van der Waals surface area contributed by atoms with E-state index in [2.05, 4.69) is 11.1 Å². The van der Waals surface area contributed by atoms with Gasteiger partial charge >= 0.3 is 10.1 Å². The molecule has 1 aromatic heterocycles. The van der Waals surface area contributed by atoms with E-state index in [-0.39, 0.29) is 22.1 Å². The Morgan fingerprint density at radius 1 is 1.07 bits per heavy atom. The summed E-state index contributed by atoms with van der Waals surface area (Å²) in [6, 6.07) is 21.3. The van der Waals surface area contributed by atoms with E-state index in [4.69, 9.17) is 20.2 Å². The molecule has 0 atom stereocenters. The van der Waals surface area contributed by atoms with Gasteiger partial charge in [-0.1, -0.05) is 35.9 Å². The molecule has 0 radical (unpaired) electrons. The lowest BCUT2D eigenvalue weighted by Crippen LogP contribution is -2.09. The van der Waals surface area contributed by atoms with Gasteiger partial charge in [0.15, 0.2) is 5.58 Å². The minimum Gasteiger partial charge on any atom is -0.435 e. The first kappa shape index (κ1) is 19.7. The van der Waals surface area contributed by atoms with Crippen LogP contribution >= 0.6 is 11.6 Å². The van der Waals surface area contributed by atoms with Crippen LogP contribution in [0.15, 0.2) is 82.1 Å². The molecule has 0 bridgehead atoms. The highest BCUT2D eigenvalue weighted by Gasteiger charge is 2.17. The fourth-order valence-electron chi connectivity index (χ4n) is 2.73. The fraction of sp³-hybridized carbons (Fsp3) is 0. The molecule has 0 unspecified atom stereocenters. The first-order valence-corrected chi connectivity index (χ1v) is 10.5. The van der Waals surface area contributed by atoms with Crippen molar-refractivity contribution in [3.63, 3.8) is 0 Å². The maximum Gasteiger partial charge on any atom is 0.339 e. The summed E-state index contributed by atoms with van der Waals surface area (Å²) in [7, 11) is -4.03. The SMILES string of the molecule is N#C/C(=C/c1cccc(OS(=O)(=O)c2ccc(Cl)cc2)c1)c1nc2ccccc2o1. The molecular formula is C22H13ClN2O4S. The van der Waals surface area contributed by atoms with Gasteiger partial charge in [-0.3, -0.25) is 0 Å². The summed E-state index contributed by atoms with van der Waals surface area (Å²) in [5.41, 5.74) is 1.96. The molecule has 4 rings (SSSR count). The van der Waals surface area contributed by atoms with Crippen molar-refractivity contribution in [1.29, 1.82) is 5.26 Å². The Morgan fingerprint density at radius 2 is 1.83 bits per heavy atom. The van der Waals surface area contributed by atoms with Crippen molar-refractivity contribution in [1.82, 2.24) is 4.98 Å². The molecule has 0 aliphatic carbocycles. The second kappa shape index (κ2) is 8.03. The van der Waals surface area contributed by atoms with Crippen LogP contribution < -0.4 is 4.18 Å². The van der Waals surface area contributed by atoms with Gasteiger partial charge in [0.2, 0.25) is 5.89 Å². The summed E-state index contributed by atoms with van der Waals surface area (Å²) >= 11 is 5.80. The van der Waals surface area contributed by atoms with Crippen LogP contribution in [-0.2, 0) is 10.1 Å². The van der Waals surface area contributed by atoms with Crippen LogP contribution in [0.25, 0.3) is 22.7 Å². The van der Waals surface area contributed by atoms with Gasteiger partial charge in [0, 0.05) is 5.02 Å². The van der Waals surface area contributed by atoms with Crippen molar-refractivity contribution < 1.29 is 17.0 Å². The normalized spacial score (nSPS) is 11.9. The highest BCUT2D eigenvalue weighted by atomic mass is 35.5. The Labute approximate surface area is 177 Å². The van der Waals surface area contributed by atoms with E-state index >= 15 is 0 Å². The van der Waals surface area contributed by atoms with E-state index in [0.717, 1.165) is 0 Å². The van der Waals surface area contributed by atoms with Gasteiger partial charge in [-0.15, -0.1) is 0 Å². The molecule has 0 saturated heterocycles. The number of fused-ring (bicyclic) bond motifs is 1. The molecule has 0 amide bonds. The summed E-state index contributed by atoms with van der Waals surface area (Å²) in [5, 5.41) is 9.96. The van der Waals surface area contributed by atoms with Gasteiger partial charge in [-0.25, -0.2) is 4.98 Å². The number of hydrogen-bond donors (Lipinski definition) is 0. The van der Waals surface area contributed by atoms with Crippen LogP contribution in [0.2, 0.25) is 5.02 Å². The number of halogens is 1. The van der Waals surface area contributed by atoms with Crippen LogP contribution in [0.1, 0.15) is 11.5 Å². The van der Waals surface area contributed by atoms with Crippen molar-refractivity contribution in [3.8, 4) is 11.8 Å². The topological polar surface area (TPSA) is 93.2 Å². The molecule has 148 valence electrons. The van der Waals surface area contributed by atoms with Gasteiger partial charge in [0.05, 0.1) is 0 Å². The summed E-state index contributed by atoms with van der Waals surface area (Å²) in [6.07, 6.45) is 1.55. The zero-order valence-electron chi connectivity index (χ0n) is 15.3. The van der Waals surface area contributed by atoms with Gasteiger partial charge < -0.3 is 8.60 Å². The number of nitrogens with zero attached hydrogens (tertiary/aromatic N) is 2. The van der Waals surface area contributed by atoms with Crippen molar-refractivity contribution in [2.45, 2.75) is 4.90 Å². The molecule has 30 heavy (non-hydrogen) atoms. The lowest BCUT2D eigenvalue weighted by molar-refractivity contribution is 0.486. The van der Waals surface area contributed by atoms with Crippen LogP contribution in [0.4, 0.5) is 0 Å². The second-order valence-corrected chi connectivity index (χ2v) is 8.20. The zero-order chi connectivity index (χ0) is 21.1. The predicted molar refractivity (Wildman–Crippen MR) is 113 cm³/mol. The summed E-state index contributed by atoms with van der Waals surface area (Å²) in [4.78, 5) is 4.30. The van der Waals surface area contributed by atoms with E-state index in [1.165, 1.54) is 36.4 Å². The largest absolute Gasteiger partial charge is 0.435 e. The maximum absolute atomic E-state index is 12.5. The van der Waals surface area contributed by atoms with Crippen molar-refractivity contribution in [2.75, 3.05) is 0 Å². The molecular weight excluding hydrogens is 424 g/mol. The molecule has 3 aromatic carbocycles. The number of para-hydroxylation sites is 2. The Morgan fingerprint density at radius 3 is 2.57 bits per heavy atom. The quantitative estimate of drug-likeness (QED) is 0.310. The molecule has 1 heterocycles. The van der Waals surface area contributed by atoms with E-state index in [9.17, 15) is 13.7 Å². The molecule has 0 N–H and O–H groups in total. The number of benzene rings is 3. The fourth-order valence-corrected chi connectivity index (χ4v) is 3.78. The monoisotopic (exact) mass is 436 g/mol. The highest BCUT2D eigenvalue weighted by molar-refractivity contribution is 7.87. The molecule has 4 aromatic rings. The highest BCUT2D eigenvalue weighted by Crippen LogP contribution is 2.25. The van der Waals surface area contributed by atoms with Crippen molar-refractivity contribution in [3.05, 3.63) is 89.3 Å². The minimum atomic E-state index is -4.03. The smallest absolute Gasteiger partial charge is 0.339 e. The van der Waals surface area contributed by atoms with Gasteiger partial charge in [-0.2, -0.15) is 13.7 Å². The Kier molecular flexibility index (Phi) is 5.27. The van der Waals surface area contributed by atoms with Gasteiger partial charge in [-0.05, 0) is 60.2 Å². The van der Waals surface area contributed by atoms with E-state index < -0.39 is 10.1 Å². The number of rotatable bonds is 5. The first-order valence-electron chi connectivity index (χ1n) is 8.72. The second-order valence-electron chi connectivity index (χ2n) is 6.22. The van der Waals surface area contributed by atoms with Crippen LogP contribution in [0.3, 0.4) is 0 Å². The van der Waals surface area contributed by atoms with Crippen molar-refractivity contribution in [2.24, 2.45) is 0 Å². The lowest BCUT2D eigenvalue weighted by atomic mass is 10.1. The molecule has 0 spiro atoms. The zero-order valence-corrected chi connectivity index (χ0v) is 16.9. The predicted octanol–water partition coefficient (Wildman–Crippen LogP) is 5.31. The molecule has 6 nitrogen and oxygen atoms in total. The minimum absolute atomic E-state index is 0.0166. The maximum atomic E-state index is 12.5. The van der Waals surface area contributed by atoms with Crippen LogP contribution in [0, 0.1) is 11.3 Å². The first-order chi connectivity index (χ1) is 14.4. The third-order valence-corrected chi connectivity index (χ3v) is 5.64. The van der Waals surface area contributed by atoms with E-state index in [0.29, 0.717) is 21.7 Å². The molecule has 0 saturated carbocycles. The third kappa shape index (κ3) is 4.20. The standard InChI is InChI=1S/C22H13ClN2O4S/c23-17-8-10-19(11-9-17)30(26,27)29-18-5-3-4-15(13-18)12-16(14-24)22-25-20-6-1-2-7-21(20)28-22/h1-13H/b16-12-. The Bertz CT molecular complexity index is 1370. The Hall–Kier alpha value is -3.60. The molecule has 0 aliphatic heterocycles. The average molecular weight is 437 g/mol. The summed E-state index contributed by atoms with van der Waals surface area (Å²) in [5.74, 6) is 0.285. The third-order valence-electron chi connectivity index (χ3n) is 4.12. The summed E-state index contributed by atoms with van der Waals surface area (Å²) < 4.78 is 35.8. The molecule has 0 aliphatic rings. The lowest BCUT2D eigenvalue weighted by Gasteiger charge is -2.07. The number of aromatic nitrogens is 1. The van der Waals surface area contributed by atoms with E-state index in [1.54, 1.807) is 30.3 Å². The molecule has 8 heteroatoms. The number of hydrogen-bond acceptors (Lipinski definition) is 6. The molecule has 0 fully saturated rings. The number of nitriles is 1. The van der Waals surface area contributed by atoms with Crippen LogP contribution in [0.5, 0.6) is 5.75 Å². The number of oxazole rings is 1. The summed E-state index contributed by atoms with van der Waals surface area (Å²) in [6.45, 7) is 0. The van der Waals surface area contributed by atoms with Crippen LogP contribution in [-0.4, -0.2) is 13.4 Å². The van der Waals surface area contributed by atoms with Gasteiger partial charge in [0.25, 0.3) is 0 Å². The van der Waals surface area contributed by atoms with E-state index in [1.807, 2.05) is 12.1 Å². The average Bonchev–Trinajstić information content (AvgIpc) is 3.16. The van der Waals surface area contributed by atoms with Gasteiger partial charge in [0.1, 0.15) is 27.8 Å². The number of allylic oxidation sites excluding steroid dienone is 1. The van der Waals surface area contributed by atoms with Crippen molar-refractivity contribution >= 4 is 44.5 Å².